The Hall–Kier alpha value is -3.29. The minimum Gasteiger partial charge on any atom is -0.497 e. The van der Waals surface area contributed by atoms with E-state index in [1.165, 1.54) is 32.4 Å². The van der Waals surface area contributed by atoms with Crippen molar-refractivity contribution in [3.63, 3.8) is 0 Å². The molecule has 0 aliphatic carbocycles. The topological polar surface area (TPSA) is 60.5 Å². The lowest BCUT2D eigenvalue weighted by Crippen LogP contribution is -2.26. The van der Waals surface area contributed by atoms with E-state index in [1.807, 2.05) is 0 Å². The van der Waals surface area contributed by atoms with Crippen LogP contribution in [0, 0.1) is 0 Å². The van der Waals surface area contributed by atoms with Crippen LogP contribution >= 0.6 is 0 Å². The molecule has 0 saturated heterocycles. The summed E-state index contributed by atoms with van der Waals surface area (Å²) in [5.74, 6) is 0.140. The van der Waals surface area contributed by atoms with Gasteiger partial charge < -0.3 is 14.8 Å². The van der Waals surface area contributed by atoms with Crippen LogP contribution in [0.3, 0.4) is 0 Å². The van der Waals surface area contributed by atoms with Gasteiger partial charge in [-0.3, -0.25) is 9.78 Å². The largest absolute Gasteiger partial charge is 0.497 e. The Morgan fingerprint density at radius 3 is 2.54 bits per heavy atom. The molecule has 3 aromatic rings. The molecule has 0 saturated carbocycles. The molecule has 0 fully saturated rings. The number of alkyl halides is 3. The van der Waals surface area contributed by atoms with E-state index in [2.05, 4.69) is 10.3 Å². The number of nitrogens with zero attached hydrogens (tertiary/aromatic N) is 1. The first-order valence-corrected chi connectivity index (χ1v) is 8.29. The highest BCUT2D eigenvalue weighted by atomic mass is 19.4. The number of amides is 1. The molecule has 146 valence electrons. The highest BCUT2D eigenvalue weighted by Gasteiger charge is 2.37. The number of rotatable bonds is 5. The molecule has 28 heavy (non-hydrogen) atoms. The van der Waals surface area contributed by atoms with Gasteiger partial charge in [0.05, 0.1) is 30.9 Å². The lowest BCUT2D eigenvalue weighted by atomic mass is 10.0. The van der Waals surface area contributed by atoms with Crippen LogP contribution in [0.1, 0.15) is 21.5 Å². The van der Waals surface area contributed by atoms with Crippen LogP contribution in [-0.4, -0.2) is 25.1 Å². The summed E-state index contributed by atoms with van der Waals surface area (Å²) in [6, 6.07) is 10.8. The molecule has 1 heterocycles. The van der Waals surface area contributed by atoms with Gasteiger partial charge in [0.25, 0.3) is 5.91 Å². The lowest BCUT2D eigenvalue weighted by molar-refractivity contribution is -0.136. The zero-order valence-corrected chi connectivity index (χ0v) is 15.1. The van der Waals surface area contributed by atoms with Crippen molar-refractivity contribution in [1.82, 2.24) is 10.3 Å². The molecule has 2 aromatic carbocycles. The molecular formula is C20H17F3N2O3. The van der Waals surface area contributed by atoms with Gasteiger partial charge in [-0.05, 0) is 18.2 Å². The zero-order valence-electron chi connectivity index (χ0n) is 15.1. The monoisotopic (exact) mass is 390 g/mol. The minimum absolute atomic E-state index is 0.0177. The second-order valence-corrected chi connectivity index (χ2v) is 5.92. The summed E-state index contributed by atoms with van der Waals surface area (Å²) in [4.78, 5) is 16.5. The van der Waals surface area contributed by atoms with Crippen LogP contribution in [0.2, 0.25) is 0 Å². The van der Waals surface area contributed by atoms with Crippen molar-refractivity contribution in [2.75, 3.05) is 14.2 Å². The molecule has 8 heteroatoms. The summed E-state index contributed by atoms with van der Waals surface area (Å²) in [5, 5.41) is 2.38. The molecule has 1 amide bonds. The number of fused-ring (bicyclic) bond motifs is 1. The van der Waals surface area contributed by atoms with Crippen LogP contribution in [0.15, 0.2) is 48.7 Å². The molecule has 5 nitrogen and oxygen atoms in total. The van der Waals surface area contributed by atoms with Crippen molar-refractivity contribution in [3.05, 3.63) is 65.4 Å². The molecule has 0 spiro atoms. The van der Waals surface area contributed by atoms with Crippen molar-refractivity contribution in [3.8, 4) is 11.5 Å². The van der Waals surface area contributed by atoms with Gasteiger partial charge in [0.15, 0.2) is 0 Å². The predicted molar refractivity (Wildman–Crippen MR) is 97.5 cm³/mol. The number of carbonyl (C=O) groups is 1. The summed E-state index contributed by atoms with van der Waals surface area (Å²) >= 11 is 0. The van der Waals surface area contributed by atoms with E-state index in [0.717, 1.165) is 6.20 Å². The highest BCUT2D eigenvalue weighted by Crippen LogP contribution is 2.36. The quantitative estimate of drug-likeness (QED) is 0.709. The number of hydrogen-bond acceptors (Lipinski definition) is 4. The molecule has 0 atom stereocenters. The Morgan fingerprint density at radius 2 is 1.86 bits per heavy atom. The number of carbonyl (C=O) groups excluding carboxylic acids is 1. The third-order valence-corrected chi connectivity index (χ3v) is 4.24. The Bertz CT molecular complexity index is 1020. The summed E-state index contributed by atoms with van der Waals surface area (Å²) < 4.78 is 51.3. The maximum absolute atomic E-state index is 13.7. The van der Waals surface area contributed by atoms with Crippen molar-refractivity contribution < 1.29 is 27.4 Å². The molecule has 3 rings (SSSR count). The first kappa shape index (κ1) is 19.5. The maximum atomic E-state index is 13.7. The SMILES string of the molecule is COc1ccc(CNC(=O)c2cnc3ccccc3c2C(F)(F)F)c(OC)c1. The standard InChI is InChI=1S/C20H17F3N2O3/c1-27-13-8-7-12(17(9-13)28-2)10-25-19(26)15-11-24-16-6-4-3-5-14(16)18(15)20(21,22)23/h3-9,11H,10H2,1-2H3,(H,25,26). The normalized spacial score (nSPS) is 11.3. The fourth-order valence-corrected chi connectivity index (χ4v) is 2.89. The Labute approximate surface area is 159 Å². The third-order valence-electron chi connectivity index (χ3n) is 4.24. The lowest BCUT2D eigenvalue weighted by Gasteiger charge is -2.16. The Morgan fingerprint density at radius 1 is 1.11 bits per heavy atom. The van der Waals surface area contributed by atoms with Crippen molar-refractivity contribution >= 4 is 16.8 Å². The number of methoxy groups -OCH3 is 2. The number of nitrogens with one attached hydrogen (secondary N) is 1. The summed E-state index contributed by atoms with van der Waals surface area (Å²) in [7, 11) is 2.96. The van der Waals surface area contributed by atoms with E-state index in [9.17, 15) is 18.0 Å². The fraction of sp³-hybridized carbons (Fsp3) is 0.200. The molecule has 1 aromatic heterocycles. The zero-order chi connectivity index (χ0) is 20.3. The number of ether oxygens (including phenoxy) is 2. The van der Waals surface area contributed by atoms with Gasteiger partial charge in [-0.1, -0.05) is 18.2 Å². The number of pyridine rings is 1. The molecule has 0 aliphatic rings. The predicted octanol–water partition coefficient (Wildman–Crippen LogP) is 4.20. The summed E-state index contributed by atoms with van der Waals surface area (Å²) in [6.45, 7) is -0.0177. The second-order valence-electron chi connectivity index (χ2n) is 5.92. The molecular weight excluding hydrogens is 373 g/mol. The Kier molecular flexibility index (Phi) is 5.39. The third kappa shape index (κ3) is 3.85. The van der Waals surface area contributed by atoms with Gasteiger partial charge in [-0.15, -0.1) is 0 Å². The number of hydrogen-bond donors (Lipinski definition) is 1. The van der Waals surface area contributed by atoms with Gasteiger partial charge in [0.2, 0.25) is 0 Å². The smallest absolute Gasteiger partial charge is 0.417 e. The first-order valence-electron chi connectivity index (χ1n) is 8.29. The summed E-state index contributed by atoms with van der Waals surface area (Å²) in [6.07, 6.45) is -3.75. The van der Waals surface area contributed by atoms with E-state index in [0.29, 0.717) is 17.1 Å². The van der Waals surface area contributed by atoms with Gasteiger partial charge >= 0.3 is 6.18 Å². The van der Waals surface area contributed by atoms with Crippen LogP contribution in [0.4, 0.5) is 13.2 Å². The number of halogens is 3. The number of aromatic nitrogens is 1. The molecule has 0 radical (unpaired) electrons. The Balaban J connectivity index is 1.92. The second kappa shape index (κ2) is 7.75. The van der Waals surface area contributed by atoms with E-state index in [1.54, 1.807) is 24.3 Å². The first-order chi connectivity index (χ1) is 13.3. The summed E-state index contributed by atoms with van der Waals surface area (Å²) in [5.41, 5.74) is -0.766. The van der Waals surface area contributed by atoms with E-state index < -0.39 is 23.2 Å². The number of benzene rings is 2. The molecule has 0 unspecified atom stereocenters. The minimum atomic E-state index is -4.70. The fourth-order valence-electron chi connectivity index (χ4n) is 2.89. The molecule has 0 aliphatic heterocycles. The average Bonchev–Trinajstić information content (AvgIpc) is 2.70. The number of para-hydroxylation sites is 1. The van der Waals surface area contributed by atoms with Crippen LogP contribution in [0.5, 0.6) is 11.5 Å². The maximum Gasteiger partial charge on any atom is 0.417 e. The van der Waals surface area contributed by atoms with Crippen molar-refractivity contribution in [2.24, 2.45) is 0 Å². The highest BCUT2D eigenvalue weighted by molar-refractivity contribution is 6.00. The van der Waals surface area contributed by atoms with Gasteiger partial charge in [0, 0.05) is 29.8 Å². The van der Waals surface area contributed by atoms with Gasteiger partial charge in [-0.2, -0.15) is 13.2 Å². The van der Waals surface area contributed by atoms with E-state index in [-0.39, 0.29) is 17.4 Å². The van der Waals surface area contributed by atoms with E-state index >= 15 is 0 Å². The van der Waals surface area contributed by atoms with Crippen LogP contribution in [-0.2, 0) is 12.7 Å². The van der Waals surface area contributed by atoms with Crippen LogP contribution in [0.25, 0.3) is 10.9 Å². The van der Waals surface area contributed by atoms with Gasteiger partial charge in [0.1, 0.15) is 11.5 Å². The van der Waals surface area contributed by atoms with Crippen molar-refractivity contribution in [1.29, 1.82) is 0 Å². The van der Waals surface area contributed by atoms with Gasteiger partial charge in [-0.25, -0.2) is 0 Å². The van der Waals surface area contributed by atoms with E-state index in [4.69, 9.17) is 9.47 Å². The molecule has 1 N–H and O–H groups in total. The van der Waals surface area contributed by atoms with Crippen molar-refractivity contribution in [2.45, 2.75) is 12.7 Å². The molecule has 0 bridgehead atoms. The van der Waals surface area contributed by atoms with Crippen LogP contribution < -0.4 is 14.8 Å². The average molecular weight is 390 g/mol.